The Bertz CT molecular complexity index is 722. The monoisotopic (exact) mass is 332 g/mol. The molecule has 0 atom stereocenters. The number of thiophene rings is 1. The molecule has 1 aromatic carbocycles. The molecule has 0 spiro atoms. The van der Waals surface area contributed by atoms with Gasteiger partial charge in [-0.25, -0.2) is 4.39 Å². The number of hydrogen-bond donors (Lipinski definition) is 0. The van der Waals surface area contributed by atoms with Crippen molar-refractivity contribution in [2.75, 3.05) is 26.2 Å². The van der Waals surface area contributed by atoms with Gasteiger partial charge in [-0.05, 0) is 36.1 Å². The molecule has 1 fully saturated rings. The van der Waals surface area contributed by atoms with E-state index in [-0.39, 0.29) is 17.6 Å². The van der Waals surface area contributed by atoms with Crippen LogP contribution in [0.1, 0.15) is 25.6 Å². The highest BCUT2D eigenvalue weighted by Crippen LogP contribution is 2.16. The maximum Gasteiger partial charge on any atom is 0.264 e. The lowest BCUT2D eigenvalue weighted by atomic mass is 10.1. The Balaban J connectivity index is 1.63. The molecule has 3 rings (SSSR count). The molecule has 23 heavy (non-hydrogen) atoms. The Hall–Kier alpha value is -2.21. The predicted octanol–water partition coefficient (Wildman–Crippen LogP) is 2.79. The van der Waals surface area contributed by atoms with Crippen molar-refractivity contribution < 1.29 is 14.0 Å². The van der Waals surface area contributed by atoms with Crippen LogP contribution in [0.2, 0.25) is 0 Å². The molecule has 0 saturated carbocycles. The Morgan fingerprint density at radius 3 is 2.26 bits per heavy atom. The van der Waals surface area contributed by atoms with Crippen LogP contribution < -0.4 is 0 Å². The van der Waals surface area contributed by atoms with E-state index < -0.39 is 0 Å². The number of carbonyl (C=O) groups is 2. The van der Waals surface area contributed by atoms with Crippen LogP contribution in [0.5, 0.6) is 0 Å². The van der Waals surface area contributed by atoms with E-state index in [1.54, 1.807) is 34.9 Å². The SMILES string of the molecule is Cc1ccc(C(=O)N2CCN(C(=O)c3cccs3)CC2)cc1F. The largest absolute Gasteiger partial charge is 0.335 e. The molecular weight excluding hydrogens is 315 g/mol. The van der Waals surface area contributed by atoms with Gasteiger partial charge in [0.25, 0.3) is 11.8 Å². The highest BCUT2D eigenvalue weighted by Gasteiger charge is 2.26. The third-order valence-corrected chi connectivity index (χ3v) is 4.86. The van der Waals surface area contributed by atoms with Gasteiger partial charge in [-0.2, -0.15) is 0 Å². The molecule has 2 amide bonds. The Kier molecular flexibility index (Phi) is 4.43. The molecule has 0 unspecified atom stereocenters. The number of aryl methyl sites for hydroxylation is 1. The number of rotatable bonds is 2. The van der Waals surface area contributed by atoms with Gasteiger partial charge in [-0.1, -0.05) is 12.1 Å². The number of amides is 2. The van der Waals surface area contributed by atoms with Crippen molar-refractivity contribution in [3.8, 4) is 0 Å². The third kappa shape index (κ3) is 3.27. The number of carbonyl (C=O) groups excluding carboxylic acids is 2. The van der Waals surface area contributed by atoms with Crippen molar-refractivity contribution >= 4 is 23.2 Å². The summed E-state index contributed by atoms with van der Waals surface area (Å²) >= 11 is 1.42. The maximum absolute atomic E-state index is 13.6. The van der Waals surface area contributed by atoms with Crippen LogP contribution in [0.15, 0.2) is 35.7 Å². The molecule has 1 saturated heterocycles. The van der Waals surface area contributed by atoms with E-state index in [0.717, 1.165) is 0 Å². The fraction of sp³-hybridized carbons (Fsp3) is 0.294. The van der Waals surface area contributed by atoms with E-state index in [9.17, 15) is 14.0 Å². The molecule has 120 valence electrons. The van der Waals surface area contributed by atoms with E-state index in [1.165, 1.54) is 17.4 Å². The number of nitrogens with zero attached hydrogens (tertiary/aromatic N) is 2. The molecule has 1 aliphatic heterocycles. The van der Waals surface area contributed by atoms with E-state index in [2.05, 4.69) is 0 Å². The normalized spacial score (nSPS) is 14.9. The van der Waals surface area contributed by atoms with Gasteiger partial charge in [0.1, 0.15) is 5.82 Å². The van der Waals surface area contributed by atoms with Crippen molar-refractivity contribution in [1.82, 2.24) is 9.80 Å². The molecule has 2 aromatic rings. The van der Waals surface area contributed by atoms with E-state index in [4.69, 9.17) is 0 Å². The number of hydrogen-bond acceptors (Lipinski definition) is 3. The van der Waals surface area contributed by atoms with Gasteiger partial charge < -0.3 is 9.80 Å². The van der Waals surface area contributed by atoms with Gasteiger partial charge >= 0.3 is 0 Å². The minimum absolute atomic E-state index is 0.00785. The van der Waals surface area contributed by atoms with Gasteiger partial charge in [0.15, 0.2) is 0 Å². The fourth-order valence-electron chi connectivity index (χ4n) is 2.58. The van der Waals surface area contributed by atoms with Gasteiger partial charge in [-0.3, -0.25) is 9.59 Å². The quantitative estimate of drug-likeness (QED) is 0.848. The summed E-state index contributed by atoms with van der Waals surface area (Å²) in [5.41, 5.74) is 0.874. The molecule has 0 radical (unpaired) electrons. The van der Waals surface area contributed by atoms with Crippen LogP contribution in [-0.2, 0) is 0 Å². The van der Waals surface area contributed by atoms with Crippen LogP contribution in [-0.4, -0.2) is 47.8 Å². The van der Waals surface area contributed by atoms with Crippen LogP contribution in [0.4, 0.5) is 4.39 Å². The van der Waals surface area contributed by atoms with Gasteiger partial charge in [-0.15, -0.1) is 11.3 Å². The highest BCUT2D eigenvalue weighted by molar-refractivity contribution is 7.12. The maximum atomic E-state index is 13.6. The molecular formula is C17H17FN2O2S. The van der Waals surface area contributed by atoms with Crippen molar-refractivity contribution in [3.05, 3.63) is 57.5 Å². The smallest absolute Gasteiger partial charge is 0.264 e. The summed E-state index contributed by atoms with van der Waals surface area (Å²) in [4.78, 5) is 28.8. The summed E-state index contributed by atoms with van der Waals surface area (Å²) in [6.07, 6.45) is 0. The summed E-state index contributed by atoms with van der Waals surface area (Å²) < 4.78 is 13.6. The standard InChI is InChI=1S/C17H17FN2O2S/c1-12-4-5-13(11-14(12)18)16(21)19-6-8-20(9-7-19)17(22)15-3-2-10-23-15/h2-5,10-11H,6-9H2,1H3. The van der Waals surface area contributed by atoms with E-state index in [0.29, 0.717) is 42.2 Å². The first-order chi connectivity index (χ1) is 11.1. The minimum Gasteiger partial charge on any atom is -0.335 e. The molecule has 0 aliphatic carbocycles. The first kappa shape index (κ1) is 15.7. The average Bonchev–Trinajstić information content (AvgIpc) is 3.11. The van der Waals surface area contributed by atoms with Crippen LogP contribution in [0, 0.1) is 12.7 Å². The number of halogens is 1. The zero-order valence-corrected chi connectivity index (χ0v) is 13.6. The van der Waals surface area contributed by atoms with Crippen molar-refractivity contribution in [1.29, 1.82) is 0 Å². The average molecular weight is 332 g/mol. The summed E-state index contributed by atoms with van der Waals surface area (Å²) in [7, 11) is 0. The minimum atomic E-state index is -0.373. The summed E-state index contributed by atoms with van der Waals surface area (Å²) in [6.45, 7) is 3.59. The Morgan fingerprint density at radius 1 is 1.04 bits per heavy atom. The summed E-state index contributed by atoms with van der Waals surface area (Å²) in [5, 5.41) is 1.87. The summed E-state index contributed by atoms with van der Waals surface area (Å²) in [6, 6.07) is 8.19. The first-order valence-corrected chi connectivity index (χ1v) is 8.32. The second-order valence-electron chi connectivity index (χ2n) is 5.53. The molecule has 0 N–H and O–H groups in total. The molecule has 6 heteroatoms. The number of piperazine rings is 1. The van der Waals surface area contributed by atoms with Crippen molar-refractivity contribution in [3.63, 3.8) is 0 Å². The van der Waals surface area contributed by atoms with E-state index in [1.807, 2.05) is 11.4 Å². The molecule has 1 aromatic heterocycles. The zero-order valence-electron chi connectivity index (χ0n) is 12.8. The van der Waals surface area contributed by atoms with Crippen molar-refractivity contribution in [2.24, 2.45) is 0 Å². The molecule has 2 heterocycles. The Labute approximate surface area is 138 Å². The van der Waals surface area contributed by atoms with Gasteiger partial charge in [0.05, 0.1) is 4.88 Å². The zero-order chi connectivity index (χ0) is 16.4. The van der Waals surface area contributed by atoms with Gasteiger partial charge in [0, 0.05) is 31.7 Å². The first-order valence-electron chi connectivity index (χ1n) is 7.44. The lowest BCUT2D eigenvalue weighted by Gasteiger charge is -2.34. The lowest BCUT2D eigenvalue weighted by Crippen LogP contribution is -2.50. The fourth-order valence-corrected chi connectivity index (χ4v) is 3.27. The number of benzene rings is 1. The van der Waals surface area contributed by atoms with Crippen LogP contribution in [0.25, 0.3) is 0 Å². The molecule has 4 nitrogen and oxygen atoms in total. The Morgan fingerprint density at radius 2 is 1.70 bits per heavy atom. The van der Waals surface area contributed by atoms with Crippen LogP contribution >= 0.6 is 11.3 Å². The topological polar surface area (TPSA) is 40.6 Å². The third-order valence-electron chi connectivity index (χ3n) is 4.00. The second kappa shape index (κ2) is 6.50. The lowest BCUT2D eigenvalue weighted by molar-refractivity contribution is 0.0538. The predicted molar refractivity (Wildman–Crippen MR) is 87.3 cm³/mol. The van der Waals surface area contributed by atoms with Crippen LogP contribution in [0.3, 0.4) is 0 Å². The summed E-state index contributed by atoms with van der Waals surface area (Å²) in [5.74, 6) is -0.553. The van der Waals surface area contributed by atoms with E-state index >= 15 is 0 Å². The highest BCUT2D eigenvalue weighted by atomic mass is 32.1. The second-order valence-corrected chi connectivity index (χ2v) is 6.47. The van der Waals surface area contributed by atoms with Gasteiger partial charge in [0.2, 0.25) is 0 Å². The van der Waals surface area contributed by atoms with Crippen molar-refractivity contribution in [2.45, 2.75) is 6.92 Å². The molecule has 1 aliphatic rings. The molecule has 0 bridgehead atoms.